The molecule has 2 heterocycles. The first-order valence-electron chi connectivity index (χ1n) is 11.2. The highest BCUT2D eigenvalue weighted by Crippen LogP contribution is 2.29. The van der Waals surface area contributed by atoms with Gasteiger partial charge in [-0.2, -0.15) is 0 Å². The fourth-order valence-corrected chi connectivity index (χ4v) is 5.69. The summed E-state index contributed by atoms with van der Waals surface area (Å²) in [5, 5.41) is 5.06. The summed E-state index contributed by atoms with van der Waals surface area (Å²) in [4.78, 5) is 16.3. The van der Waals surface area contributed by atoms with E-state index in [4.69, 9.17) is 4.74 Å². The average molecular weight is 480 g/mol. The molecule has 1 aromatic heterocycles. The maximum atomic E-state index is 12.4. The molecular formula is C23H33N3O4S2. The van der Waals surface area contributed by atoms with Crippen LogP contribution >= 0.6 is 11.3 Å². The molecule has 9 heteroatoms. The van der Waals surface area contributed by atoms with Crippen molar-refractivity contribution in [3.05, 3.63) is 46.7 Å². The number of thiophene rings is 1. The molecule has 1 aliphatic rings. The van der Waals surface area contributed by atoms with Crippen molar-refractivity contribution in [2.75, 3.05) is 32.8 Å². The van der Waals surface area contributed by atoms with Gasteiger partial charge in [-0.05, 0) is 74.5 Å². The van der Waals surface area contributed by atoms with E-state index in [0.717, 1.165) is 19.0 Å². The van der Waals surface area contributed by atoms with Crippen LogP contribution in [0.15, 0.2) is 46.7 Å². The predicted molar refractivity (Wildman–Crippen MR) is 127 cm³/mol. The van der Waals surface area contributed by atoms with E-state index >= 15 is 0 Å². The van der Waals surface area contributed by atoms with Crippen molar-refractivity contribution in [3.8, 4) is 5.75 Å². The molecule has 1 amide bonds. The summed E-state index contributed by atoms with van der Waals surface area (Å²) in [6.45, 7) is 7.30. The number of hydrogen-bond acceptors (Lipinski definition) is 6. The van der Waals surface area contributed by atoms with Gasteiger partial charge in [0.2, 0.25) is 15.9 Å². The molecule has 3 rings (SSSR count). The van der Waals surface area contributed by atoms with E-state index in [0.29, 0.717) is 18.9 Å². The summed E-state index contributed by atoms with van der Waals surface area (Å²) >= 11 is 1.71. The number of sulfonamides is 1. The number of nitrogens with zero attached hydrogens (tertiary/aromatic N) is 1. The largest absolute Gasteiger partial charge is 0.494 e. The number of nitrogens with one attached hydrogen (secondary N) is 2. The van der Waals surface area contributed by atoms with Crippen molar-refractivity contribution < 1.29 is 17.9 Å². The van der Waals surface area contributed by atoms with Gasteiger partial charge in [0.25, 0.3) is 0 Å². The standard InChI is InChI=1S/C23H33N3O4S2/c1-3-30-19-6-8-20(9-7-19)32(28,29)25-13-10-23(27)24-17-21(22-5-4-16-31-22)26-14-11-18(2)12-15-26/h4-9,16,18,21,25H,3,10-15,17H2,1-2H3,(H,24,27). The highest BCUT2D eigenvalue weighted by Gasteiger charge is 2.25. The number of hydrogen-bond donors (Lipinski definition) is 2. The minimum atomic E-state index is -3.67. The Kier molecular flexibility index (Phi) is 9.10. The first-order chi connectivity index (χ1) is 15.4. The van der Waals surface area contributed by atoms with E-state index in [2.05, 4.69) is 33.3 Å². The Bertz CT molecular complexity index is 938. The lowest BCUT2D eigenvalue weighted by Gasteiger charge is -2.36. The smallest absolute Gasteiger partial charge is 0.240 e. The number of likely N-dealkylation sites (tertiary alicyclic amines) is 1. The van der Waals surface area contributed by atoms with Crippen LogP contribution in [0.5, 0.6) is 5.75 Å². The zero-order valence-corrected chi connectivity index (χ0v) is 20.4. The lowest BCUT2D eigenvalue weighted by molar-refractivity contribution is -0.121. The van der Waals surface area contributed by atoms with E-state index < -0.39 is 10.0 Å². The van der Waals surface area contributed by atoms with Crippen molar-refractivity contribution in [1.29, 1.82) is 0 Å². The van der Waals surface area contributed by atoms with Crippen molar-refractivity contribution in [3.63, 3.8) is 0 Å². The predicted octanol–water partition coefficient (Wildman–Crippen LogP) is 3.40. The van der Waals surface area contributed by atoms with Gasteiger partial charge in [0.05, 0.1) is 17.5 Å². The fraction of sp³-hybridized carbons (Fsp3) is 0.522. The van der Waals surface area contributed by atoms with Crippen LogP contribution in [0, 0.1) is 5.92 Å². The zero-order valence-electron chi connectivity index (χ0n) is 18.7. The first-order valence-corrected chi connectivity index (χ1v) is 13.5. The van der Waals surface area contributed by atoms with Crippen LogP contribution in [-0.2, 0) is 14.8 Å². The summed E-state index contributed by atoms with van der Waals surface area (Å²) in [5.74, 6) is 1.20. The molecule has 1 aliphatic heterocycles. The molecule has 1 atom stereocenters. The number of carbonyl (C=O) groups excluding carboxylic acids is 1. The van der Waals surface area contributed by atoms with Gasteiger partial charge >= 0.3 is 0 Å². The van der Waals surface area contributed by atoms with E-state index in [9.17, 15) is 13.2 Å². The molecule has 1 unspecified atom stereocenters. The van der Waals surface area contributed by atoms with Crippen LogP contribution < -0.4 is 14.8 Å². The van der Waals surface area contributed by atoms with Gasteiger partial charge in [-0.25, -0.2) is 13.1 Å². The minimum Gasteiger partial charge on any atom is -0.494 e. The van der Waals surface area contributed by atoms with Crippen molar-refractivity contribution >= 4 is 27.3 Å². The van der Waals surface area contributed by atoms with Gasteiger partial charge in [0.1, 0.15) is 5.75 Å². The molecule has 0 bridgehead atoms. The van der Waals surface area contributed by atoms with Gasteiger partial charge in [0, 0.05) is 24.4 Å². The normalized spacial score (nSPS) is 16.6. The number of benzene rings is 1. The maximum absolute atomic E-state index is 12.4. The summed E-state index contributed by atoms with van der Waals surface area (Å²) in [7, 11) is -3.67. The van der Waals surface area contributed by atoms with Crippen LogP contribution in [-0.4, -0.2) is 52.0 Å². The lowest BCUT2D eigenvalue weighted by Crippen LogP contribution is -2.42. The molecule has 0 aliphatic carbocycles. The van der Waals surface area contributed by atoms with E-state index in [1.165, 1.54) is 29.9 Å². The second kappa shape index (κ2) is 11.8. The van der Waals surface area contributed by atoms with Crippen LogP contribution in [0.25, 0.3) is 0 Å². The van der Waals surface area contributed by atoms with Crippen molar-refractivity contribution in [2.24, 2.45) is 5.92 Å². The zero-order chi connectivity index (χ0) is 23.0. The number of rotatable bonds is 11. The van der Waals surface area contributed by atoms with E-state index in [1.807, 2.05) is 13.0 Å². The number of carbonyl (C=O) groups is 1. The van der Waals surface area contributed by atoms with Gasteiger partial charge in [-0.1, -0.05) is 13.0 Å². The Labute approximate surface area is 195 Å². The van der Waals surface area contributed by atoms with Crippen LogP contribution in [0.2, 0.25) is 0 Å². The van der Waals surface area contributed by atoms with Gasteiger partial charge in [-0.15, -0.1) is 11.3 Å². The van der Waals surface area contributed by atoms with Gasteiger partial charge < -0.3 is 10.1 Å². The van der Waals surface area contributed by atoms with E-state index in [-0.39, 0.29) is 29.8 Å². The molecule has 1 saturated heterocycles. The molecule has 2 N–H and O–H groups in total. The Balaban J connectivity index is 1.48. The first kappa shape index (κ1) is 24.7. The number of piperidine rings is 1. The van der Waals surface area contributed by atoms with Crippen LogP contribution in [0.1, 0.15) is 44.0 Å². The SMILES string of the molecule is CCOc1ccc(S(=O)(=O)NCCC(=O)NCC(c2cccs2)N2CCC(C)CC2)cc1. The molecule has 2 aromatic rings. The minimum absolute atomic E-state index is 0.0479. The number of amides is 1. The van der Waals surface area contributed by atoms with Gasteiger partial charge in [0.15, 0.2) is 0 Å². The van der Waals surface area contributed by atoms with Crippen molar-refractivity contribution in [2.45, 2.75) is 44.0 Å². The lowest BCUT2D eigenvalue weighted by atomic mass is 9.97. The second-order valence-electron chi connectivity index (χ2n) is 8.11. The van der Waals surface area contributed by atoms with E-state index in [1.54, 1.807) is 23.5 Å². The molecule has 7 nitrogen and oxygen atoms in total. The molecule has 176 valence electrons. The maximum Gasteiger partial charge on any atom is 0.240 e. The highest BCUT2D eigenvalue weighted by atomic mass is 32.2. The van der Waals surface area contributed by atoms with Crippen molar-refractivity contribution in [1.82, 2.24) is 14.9 Å². The summed E-state index contributed by atoms with van der Waals surface area (Å²) in [5.41, 5.74) is 0. The molecule has 32 heavy (non-hydrogen) atoms. The topological polar surface area (TPSA) is 87.7 Å². The quantitative estimate of drug-likeness (QED) is 0.516. The molecule has 1 fully saturated rings. The third kappa shape index (κ3) is 7.03. The van der Waals surface area contributed by atoms with Crippen LogP contribution in [0.4, 0.5) is 0 Å². The molecular weight excluding hydrogens is 446 g/mol. The molecule has 1 aromatic carbocycles. The van der Waals surface area contributed by atoms with Crippen LogP contribution in [0.3, 0.4) is 0 Å². The monoisotopic (exact) mass is 479 g/mol. The third-order valence-corrected chi connectivity index (χ3v) is 8.16. The number of ether oxygens (including phenoxy) is 1. The summed E-state index contributed by atoms with van der Waals surface area (Å²) in [6.07, 6.45) is 2.43. The Morgan fingerprint density at radius 3 is 2.56 bits per heavy atom. The van der Waals surface area contributed by atoms with Gasteiger partial charge in [-0.3, -0.25) is 9.69 Å². The summed E-state index contributed by atoms with van der Waals surface area (Å²) < 4.78 is 32.7. The Morgan fingerprint density at radius 2 is 1.94 bits per heavy atom. The molecule has 0 spiro atoms. The Hall–Kier alpha value is -1.94. The average Bonchev–Trinajstić information content (AvgIpc) is 3.30. The highest BCUT2D eigenvalue weighted by molar-refractivity contribution is 7.89. The molecule has 0 saturated carbocycles. The molecule has 0 radical (unpaired) electrons. The summed E-state index contributed by atoms with van der Waals surface area (Å²) in [6, 6.07) is 10.6. The second-order valence-corrected chi connectivity index (χ2v) is 10.9. The third-order valence-electron chi connectivity index (χ3n) is 5.71. The Morgan fingerprint density at radius 1 is 1.22 bits per heavy atom. The fourth-order valence-electron chi connectivity index (χ4n) is 3.79.